The van der Waals surface area contributed by atoms with Crippen molar-refractivity contribution in [3.05, 3.63) is 82.6 Å². The molecular formula is C33H39ClN4O2. The maximum Gasteiger partial charge on any atom is 0.257 e. The van der Waals surface area contributed by atoms with Gasteiger partial charge in [0.25, 0.3) is 5.91 Å². The Morgan fingerprint density at radius 2 is 1.52 bits per heavy atom. The van der Waals surface area contributed by atoms with Crippen molar-refractivity contribution in [1.82, 2.24) is 19.6 Å². The highest BCUT2D eigenvalue weighted by Crippen LogP contribution is 2.35. The zero-order chi connectivity index (χ0) is 27.5. The fraction of sp³-hybridized carbons (Fsp3) is 0.485. The maximum absolute atomic E-state index is 14.0. The van der Waals surface area contributed by atoms with Crippen molar-refractivity contribution >= 4 is 23.4 Å². The largest absolute Gasteiger partial charge is 0.342 e. The predicted molar refractivity (Wildman–Crippen MR) is 158 cm³/mol. The SMILES string of the molecule is O=C(c1cnn(-c2ccc(Cl)cc2)c1C1CCN(C(=O)C2CCCCC2)CC1)N1CCC(Cc2ccccc2)C1. The summed E-state index contributed by atoms with van der Waals surface area (Å²) in [5.74, 6) is 1.24. The van der Waals surface area contributed by atoms with Gasteiger partial charge in [-0.1, -0.05) is 61.2 Å². The standard InChI is InChI=1S/C33H39ClN4O2/c34-28-11-13-29(14-12-28)38-31(26-16-19-36(20-17-26)32(39)27-9-5-2-6-10-27)30(22-35-38)33(40)37-18-15-25(23-37)21-24-7-3-1-4-8-24/h1,3-4,7-8,11-14,22,25-27H,2,5-6,9-10,15-21,23H2. The summed E-state index contributed by atoms with van der Waals surface area (Å²) in [5, 5.41) is 5.41. The molecule has 40 heavy (non-hydrogen) atoms. The molecular weight excluding hydrogens is 520 g/mol. The van der Waals surface area contributed by atoms with E-state index in [1.165, 1.54) is 24.8 Å². The van der Waals surface area contributed by atoms with Crippen LogP contribution in [0.25, 0.3) is 5.69 Å². The van der Waals surface area contributed by atoms with Crippen molar-refractivity contribution in [2.24, 2.45) is 11.8 Å². The van der Waals surface area contributed by atoms with E-state index in [1.54, 1.807) is 6.20 Å². The highest BCUT2D eigenvalue weighted by atomic mass is 35.5. The number of piperidine rings is 1. The zero-order valence-electron chi connectivity index (χ0n) is 23.2. The molecule has 3 aromatic rings. The van der Waals surface area contributed by atoms with Gasteiger partial charge < -0.3 is 9.80 Å². The van der Waals surface area contributed by atoms with Gasteiger partial charge in [-0.25, -0.2) is 4.68 Å². The third-order valence-corrected chi connectivity index (χ3v) is 9.45. The van der Waals surface area contributed by atoms with E-state index >= 15 is 0 Å². The van der Waals surface area contributed by atoms with Gasteiger partial charge >= 0.3 is 0 Å². The number of likely N-dealkylation sites (tertiary alicyclic amines) is 2. The molecule has 210 valence electrons. The smallest absolute Gasteiger partial charge is 0.257 e. The van der Waals surface area contributed by atoms with E-state index in [9.17, 15) is 9.59 Å². The highest BCUT2D eigenvalue weighted by Gasteiger charge is 2.35. The molecule has 2 amide bonds. The molecule has 1 atom stereocenters. The van der Waals surface area contributed by atoms with Crippen LogP contribution in [-0.2, 0) is 11.2 Å². The van der Waals surface area contributed by atoms with Crippen LogP contribution in [0.1, 0.15) is 78.9 Å². The van der Waals surface area contributed by atoms with Gasteiger partial charge in [0.05, 0.1) is 23.1 Å². The third kappa shape index (κ3) is 5.83. The molecule has 2 aromatic carbocycles. The number of nitrogens with zero attached hydrogens (tertiary/aromatic N) is 4. The molecule has 7 heteroatoms. The number of benzene rings is 2. The summed E-state index contributed by atoms with van der Waals surface area (Å²) in [7, 11) is 0. The van der Waals surface area contributed by atoms with Gasteiger partial charge in [-0.2, -0.15) is 5.10 Å². The van der Waals surface area contributed by atoms with E-state index in [-0.39, 0.29) is 17.7 Å². The van der Waals surface area contributed by atoms with Gasteiger partial charge in [0.15, 0.2) is 0 Å². The van der Waals surface area contributed by atoms with Crippen LogP contribution < -0.4 is 0 Å². The first-order valence-corrected chi connectivity index (χ1v) is 15.4. The van der Waals surface area contributed by atoms with Crippen LogP contribution in [-0.4, -0.2) is 57.6 Å². The summed E-state index contributed by atoms with van der Waals surface area (Å²) in [5.41, 5.74) is 3.91. The molecule has 2 saturated heterocycles. The normalized spacial score (nSPS) is 20.7. The molecule has 1 aliphatic carbocycles. The number of amides is 2. The second-order valence-corrected chi connectivity index (χ2v) is 12.3. The van der Waals surface area contributed by atoms with Crippen LogP contribution in [0.5, 0.6) is 0 Å². The molecule has 0 N–H and O–H groups in total. The lowest BCUT2D eigenvalue weighted by molar-refractivity contribution is -0.137. The first kappa shape index (κ1) is 27.1. The highest BCUT2D eigenvalue weighted by molar-refractivity contribution is 6.30. The Kier molecular flexibility index (Phi) is 8.24. The van der Waals surface area contributed by atoms with Crippen LogP contribution >= 0.6 is 11.6 Å². The van der Waals surface area contributed by atoms with Gasteiger partial charge in [0, 0.05) is 43.0 Å². The number of aromatic nitrogens is 2. The summed E-state index contributed by atoms with van der Waals surface area (Å²) in [4.78, 5) is 31.3. The van der Waals surface area contributed by atoms with Crippen molar-refractivity contribution in [2.45, 2.75) is 63.7 Å². The number of hydrogen-bond donors (Lipinski definition) is 0. The van der Waals surface area contributed by atoms with Crippen LogP contribution in [0, 0.1) is 11.8 Å². The summed E-state index contributed by atoms with van der Waals surface area (Å²) in [6.07, 6.45) is 11.1. The summed E-state index contributed by atoms with van der Waals surface area (Å²) in [6, 6.07) is 18.2. The Bertz CT molecular complexity index is 1310. The van der Waals surface area contributed by atoms with Crippen molar-refractivity contribution in [2.75, 3.05) is 26.2 Å². The average Bonchev–Trinajstić information content (AvgIpc) is 3.66. The fourth-order valence-corrected chi connectivity index (χ4v) is 7.11. The molecule has 1 unspecified atom stereocenters. The Morgan fingerprint density at radius 1 is 0.825 bits per heavy atom. The minimum Gasteiger partial charge on any atom is -0.342 e. The van der Waals surface area contributed by atoms with Crippen molar-refractivity contribution < 1.29 is 9.59 Å². The minimum atomic E-state index is 0.0755. The van der Waals surface area contributed by atoms with E-state index in [0.29, 0.717) is 22.4 Å². The Balaban J connectivity index is 1.21. The zero-order valence-corrected chi connectivity index (χ0v) is 23.9. The molecule has 0 spiro atoms. The van der Waals surface area contributed by atoms with Crippen LogP contribution in [0.2, 0.25) is 5.02 Å². The quantitative estimate of drug-likeness (QED) is 0.346. The van der Waals surface area contributed by atoms with Gasteiger partial charge in [-0.3, -0.25) is 9.59 Å². The molecule has 1 aromatic heterocycles. The second kappa shape index (κ2) is 12.2. The minimum absolute atomic E-state index is 0.0755. The van der Waals surface area contributed by atoms with E-state index in [1.807, 2.05) is 39.9 Å². The van der Waals surface area contributed by atoms with E-state index in [2.05, 4.69) is 29.2 Å². The Morgan fingerprint density at radius 3 is 2.25 bits per heavy atom. The predicted octanol–water partition coefficient (Wildman–Crippen LogP) is 6.52. The molecule has 1 saturated carbocycles. The number of carbonyl (C=O) groups is 2. The molecule has 0 radical (unpaired) electrons. The fourth-order valence-electron chi connectivity index (χ4n) is 6.99. The number of halogens is 1. The lowest BCUT2D eigenvalue weighted by Crippen LogP contribution is -2.42. The summed E-state index contributed by atoms with van der Waals surface area (Å²) in [6.45, 7) is 3.02. The first-order valence-electron chi connectivity index (χ1n) is 15.0. The first-order chi connectivity index (χ1) is 19.6. The lowest BCUT2D eigenvalue weighted by Gasteiger charge is -2.35. The van der Waals surface area contributed by atoms with Gasteiger partial charge in [0.1, 0.15) is 0 Å². The van der Waals surface area contributed by atoms with Crippen LogP contribution in [0.4, 0.5) is 0 Å². The number of rotatable bonds is 6. The average molecular weight is 559 g/mol. The molecule has 3 aliphatic rings. The maximum atomic E-state index is 14.0. The lowest BCUT2D eigenvalue weighted by atomic mass is 9.86. The second-order valence-electron chi connectivity index (χ2n) is 11.9. The van der Waals surface area contributed by atoms with Crippen molar-refractivity contribution in [1.29, 1.82) is 0 Å². The van der Waals surface area contributed by atoms with Crippen molar-refractivity contribution in [3.63, 3.8) is 0 Å². The van der Waals surface area contributed by atoms with E-state index in [4.69, 9.17) is 16.7 Å². The monoisotopic (exact) mass is 558 g/mol. The van der Waals surface area contributed by atoms with Crippen molar-refractivity contribution in [3.8, 4) is 5.69 Å². The third-order valence-electron chi connectivity index (χ3n) is 9.20. The molecule has 6 rings (SSSR count). The van der Waals surface area contributed by atoms with Gasteiger partial charge in [-0.05, 0) is 74.3 Å². The number of hydrogen-bond acceptors (Lipinski definition) is 3. The topological polar surface area (TPSA) is 58.4 Å². The molecule has 0 bridgehead atoms. The molecule has 3 fully saturated rings. The molecule has 2 aliphatic heterocycles. The van der Waals surface area contributed by atoms with E-state index in [0.717, 1.165) is 76.1 Å². The summed E-state index contributed by atoms with van der Waals surface area (Å²) < 4.78 is 1.93. The van der Waals surface area contributed by atoms with Crippen LogP contribution in [0.15, 0.2) is 60.8 Å². The Labute approximate surface area is 242 Å². The molecule has 3 heterocycles. The van der Waals surface area contributed by atoms with Gasteiger partial charge in [-0.15, -0.1) is 0 Å². The molecule has 6 nitrogen and oxygen atoms in total. The summed E-state index contributed by atoms with van der Waals surface area (Å²) >= 11 is 6.18. The Hall–Kier alpha value is -3.12. The van der Waals surface area contributed by atoms with E-state index < -0.39 is 0 Å². The van der Waals surface area contributed by atoms with Gasteiger partial charge in [0.2, 0.25) is 5.91 Å². The number of carbonyl (C=O) groups excluding carboxylic acids is 2. The van der Waals surface area contributed by atoms with Crippen LogP contribution in [0.3, 0.4) is 0 Å².